The van der Waals surface area contributed by atoms with Crippen molar-refractivity contribution in [2.24, 2.45) is 0 Å². The predicted octanol–water partition coefficient (Wildman–Crippen LogP) is 1.94. The van der Waals surface area contributed by atoms with Gasteiger partial charge in [-0.2, -0.15) is 0 Å². The van der Waals surface area contributed by atoms with Crippen LogP contribution in [0.25, 0.3) is 0 Å². The van der Waals surface area contributed by atoms with E-state index in [9.17, 15) is 22.0 Å². The smallest absolute Gasteiger partial charge is 0.274 e. The molecule has 0 radical (unpaired) electrons. The van der Waals surface area contributed by atoms with Crippen LogP contribution in [-0.4, -0.2) is 42.4 Å². The fourth-order valence-electron chi connectivity index (χ4n) is 2.98. The molecule has 1 saturated heterocycles. The molecule has 1 aromatic heterocycles. The van der Waals surface area contributed by atoms with Crippen molar-refractivity contribution < 1.29 is 22.0 Å². The van der Waals surface area contributed by atoms with Crippen molar-refractivity contribution in [1.82, 2.24) is 14.6 Å². The molecule has 1 aliphatic heterocycles. The van der Waals surface area contributed by atoms with Crippen LogP contribution in [0.1, 0.15) is 28.5 Å². The molecule has 3 rings (SSSR count). The molecule has 1 atom stereocenters. The Morgan fingerprint density at radius 2 is 2.00 bits per heavy atom. The van der Waals surface area contributed by atoms with Crippen LogP contribution in [0.5, 0.6) is 0 Å². The standard InChI is InChI=1S/C18H19F2N5O3S/c1-10-4-5-14(22-8-10)16(26)23-15-6-11(12(19)7-13(15)20)18(2)9-29(27,28)25(3)17(21)24-18/h4-8H,9H2,1-3H3,(H2,21,24)(H,23,26)/t18-/m0/s1. The second-order valence-electron chi connectivity index (χ2n) is 7.02. The molecular formula is C18H19F2N5O3S. The number of aromatic nitrogens is 1. The number of sulfonamides is 1. The number of aryl methyl sites for hydroxylation is 1. The summed E-state index contributed by atoms with van der Waals surface area (Å²) in [5, 5.41) is 12.8. The number of nitrogens with zero attached hydrogens (tertiary/aromatic N) is 2. The van der Waals surface area contributed by atoms with Crippen LogP contribution in [0, 0.1) is 24.0 Å². The molecule has 8 nitrogen and oxygen atoms in total. The monoisotopic (exact) mass is 423 g/mol. The number of anilines is 1. The van der Waals surface area contributed by atoms with E-state index in [-0.39, 0.29) is 16.9 Å². The number of nitrogens with one attached hydrogen (secondary N) is 3. The van der Waals surface area contributed by atoms with Crippen molar-refractivity contribution in [2.75, 3.05) is 18.1 Å². The number of amides is 1. The van der Waals surface area contributed by atoms with Gasteiger partial charge in [-0.15, -0.1) is 0 Å². The van der Waals surface area contributed by atoms with Gasteiger partial charge < -0.3 is 10.6 Å². The lowest BCUT2D eigenvalue weighted by molar-refractivity contribution is 0.102. The minimum Gasteiger partial charge on any atom is -0.345 e. The first-order valence-electron chi connectivity index (χ1n) is 8.50. The van der Waals surface area contributed by atoms with Gasteiger partial charge in [0.15, 0.2) is 0 Å². The van der Waals surface area contributed by atoms with Gasteiger partial charge in [0.05, 0.1) is 17.0 Å². The quantitative estimate of drug-likeness (QED) is 0.698. The molecule has 0 aliphatic carbocycles. The van der Waals surface area contributed by atoms with Gasteiger partial charge in [0.25, 0.3) is 5.91 Å². The summed E-state index contributed by atoms with van der Waals surface area (Å²) in [7, 11) is -2.69. The van der Waals surface area contributed by atoms with Gasteiger partial charge >= 0.3 is 0 Å². The Hall–Kier alpha value is -3.08. The SMILES string of the molecule is Cc1ccc(C(=O)Nc2cc([C@]3(C)CS(=O)(=O)N(C)C(=N)N3)c(F)cc2F)nc1. The Labute approximate surface area is 166 Å². The van der Waals surface area contributed by atoms with Crippen LogP contribution < -0.4 is 10.6 Å². The lowest BCUT2D eigenvalue weighted by Gasteiger charge is -2.40. The third-order valence-corrected chi connectivity index (χ3v) is 6.60. The Balaban J connectivity index is 1.98. The number of hydrogen-bond acceptors (Lipinski definition) is 5. The highest BCUT2D eigenvalue weighted by molar-refractivity contribution is 7.89. The first-order chi connectivity index (χ1) is 13.4. The maximum atomic E-state index is 14.6. The number of guanidine groups is 1. The molecule has 154 valence electrons. The first-order valence-corrected chi connectivity index (χ1v) is 10.1. The normalized spacial score (nSPS) is 20.9. The van der Waals surface area contributed by atoms with Crippen molar-refractivity contribution in [2.45, 2.75) is 19.4 Å². The maximum absolute atomic E-state index is 14.6. The lowest BCUT2D eigenvalue weighted by Crippen LogP contribution is -2.61. The predicted molar refractivity (Wildman–Crippen MR) is 103 cm³/mol. The summed E-state index contributed by atoms with van der Waals surface area (Å²) in [6, 6.07) is 4.71. The second kappa shape index (κ2) is 7.07. The van der Waals surface area contributed by atoms with Gasteiger partial charge in [0, 0.05) is 24.9 Å². The van der Waals surface area contributed by atoms with Crippen LogP contribution in [0.2, 0.25) is 0 Å². The van der Waals surface area contributed by atoms with Gasteiger partial charge in [-0.25, -0.2) is 21.5 Å². The zero-order valence-corrected chi connectivity index (χ0v) is 16.7. The van der Waals surface area contributed by atoms with Gasteiger partial charge in [0.2, 0.25) is 16.0 Å². The molecule has 2 heterocycles. The first kappa shape index (κ1) is 20.6. The maximum Gasteiger partial charge on any atom is 0.274 e. The third-order valence-electron chi connectivity index (χ3n) is 4.64. The summed E-state index contributed by atoms with van der Waals surface area (Å²) in [6.07, 6.45) is 1.47. The van der Waals surface area contributed by atoms with E-state index < -0.39 is 44.8 Å². The molecule has 0 unspecified atom stereocenters. The minimum absolute atomic E-state index is 0.0360. The average Bonchev–Trinajstić information content (AvgIpc) is 2.62. The van der Waals surface area contributed by atoms with Crippen molar-refractivity contribution in [3.63, 3.8) is 0 Å². The molecule has 11 heteroatoms. The van der Waals surface area contributed by atoms with E-state index >= 15 is 0 Å². The molecule has 3 N–H and O–H groups in total. The zero-order valence-electron chi connectivity index (χ0n) is 15.9. The van der Waals surface area contributed by atoms with Crippen LogP contribution in [0.4, 0.5) is 14.5 Å². The third kappa shape index (κ3) is 3.90. The van der Waals surface area contributed by atoms with Gasteiger partial charge in [-0.05, 0) is 31.5 Å². The van der Waals surface area contributed by atoms with Gasteiger partial charge in [0.1, 0.15) is 17.3 Å². The number of pyridine rings is 1. The fourth-order valence-corrected chi connectivity index (χ4v) is 4.45. The van der Waals surface area contributed by atoms with Crippen molar-refractivity contribution in [1.29, 1.82) is 5.41 Å². The minimum atomic E-state index is -3.89. The van der Waals surface area contributed by atoms with Crippen LogP contribution >= 0.6 is 0 Å². The van der Waals surface area contributed by atoms with Crippen molar-refractivity contribution in [3.05, 3.63) is 58.9 Å². The summed E-state index contributed by atoms with van der Waals surface area (Å²) in [5.74, 6) is -3.74. The number of hydrogen-bond donors (Lipinski definition) is 3. The Bertz CT molecular complexity index is 1110. The number of carbonyl (C=O) groups is 1. The Morgan fingerprint density at radius 3 is 2.59 bits per heavy atom. The van der Waals surface area contributed by atoms with Crippen LogP contribution in [0.3, 0.4) is 0 Å². The van der Waals surface area contributed by atoms with Crippen LogP contribution in [0.15, 0.2) is 30.5 Å². The topological polar surface area (TPSA) is 115 Å². The number of rotatable bonds is 3. The lowest BCUT2D eigenvalue weighted by atomic mass is 9.92. The molecule has 29 heavy (non-hydrogen) atoms. The van der Waals surface area contributed by atoms with E-state index in [2.05, 4.69) is 15.6 Å². The highest BCUT2D eigenvalue weighted by atomic mass is 32.2. The van der Waals surface area contributed by atoms with Crippen molar-refractivity contribution in [3.8, 4) is 0 Å². The number of carbonyl (C=O) groups excluding carboxylic acids is 1. The Kier molecular flexibility index (Phi) is 5.03. The molecule has 2 aromatic rings. The van der Waals surface area contributed by atoms with Gasteiger partial charge in [-0.3, -0.25) is 15.2 Å². The van der Waals surface area contributed by atoms with E-state index in [4.69, 9.17) is 5.41 Å². The van der Waals surface area contributed by atoms with Crippen LogP contribution in [-0.2, 0) is 15.6 Å². The highest BCUT2D eigenvalue weighted by Gasteiger charge is 2.43. The molecule has 1 fully saturated rings. The van der Waals surface area contributed by atoms with E-state index in [1.807, 2.05) is 0 Å². The largest absolute Gasteiger partial charge is 0.345 e. The van der Waals surface area contributed by atoms with Gasteiger partial charge in [-0.1, -0.05) is 6.07 Å². The number of halogens is 2. The molecule has 0 saturated carbocycles. The number of benzene rings is 1. The fraction of sp³-hybridized carbons (Fsp3) is 0.278. The summed E-state index contributed by atoms with van der Waals surface area (Å²) < 4.78 is 54.2. The van der Waals surface area contributed by atoms with E-state index in [1.54, 1.807) is 13.0 Å². The molecule has 1 aliphatic rings. The summed E-state index contributed by atoms with van der Waals surface area (Å²) in [4.78, 5) is 16.3. The molecule has 1 aromatic carbocycles. The average molecular weight is 423 g/mol. The second-order valence-corrected chi connectivity index (χ2v) is 9.02. The molecule has 0 spiro atoms. The highest BCUT2D eigenvalue weighted by Crippen LogP contribution is 2.32. The van der Waals surface area contributed by atoms with Crippen molar-refractivity contribution >= 4 is 27.6 Å². The van der Waals surface area contributed by atoms with E-state index in [0.29, 0.717) is 6.07 Å². The summed E-state index contributed by atoms with van der Waals surface area (Å²) in [5.41, 5.74) is -1.20. The zero-order chi connectivity index (χ0) is 21.6. The molecule has 1 amide bonds. The summed E-state index contributed by atoms with van der Waals surface area (Å²) in [6.45, 7) is 3.18. The Morgan fingerprint density at radius 1 is 1.31 bits per heavy atom. The summed E-state index contributed by atoms with van der Waals surface area (Å²) >= 11 is 0. The van der Waals surface area contributed by atoms with E-state index in [0.717, 1.165) is 15.9 Å². The van der Waals surface area contributed by atoms with E-state index in [1.165, 1.54) is 26.2 Å². The molecular weight excluding hydrogens is 404 g/mol. The molecule has 0 bridgehead atoms.